The molecule has 1 heterocycles. The fourth-order valence-electron chi connectivity index (χ4n) is 2.76. The second kappa shape index (κ2) is 7.48. The lowest BCUT2D eigenvalue weighted by Gasteiger charge is -2.19. The van der Waals surface area contributed by atoms with Crippen molar-refractivity contribution in [1.82, 2.24) is 9.55 Å². The molecule has 3 aromatic rings. The number of amides is 1. The van der Waals surface area contributed by atoms with Crippen molar-refractivity contribution in [2.45, 2.75) is 26.2 Å². The normalized spacial score (nSPS) is 11.3. The first-order valence-corrected chi connectivity index (χ1v) is 9.01. The quantitative estimate of drug-likeness (QED) is 0.663. The van der Waals surface area contributed by atoms with Crippen molar-refractivity contribution in [1.29, 1.82) is 0 Å². The van der Waals surface area contributed by atoms with Gasteiger partial charge in [-0.3, -0.25) is 4.79 Å². The molecular formula is C21H20ClN3O3. The minimum Gasteiger partial charge on any atom is -0.478 e. The standard InChI is InChI=1S/C21H20ClN3O3/c1-21(2,3)14-6-4-13(5-7-14)19(26)24-17-11-16(22)18(10-15(17)20(27)28)25-9-8-23-12-25/h4-12H,1-3H3,(H,24,26)(H,27,28). The van der Waals surface area contributed by atoms with E-state index in [4.69, 9.17) is 11.6 Å². The van der Waals surface area contributed by atoms with Gasteiger partial charge in [-0.2, -0.15) is 0 Å². The van der Waals surface area contributed by atoms with Crippen molar-refractivity contribution in [3.8, 4) is 5.69 Å². The molecule has 7 heteroatoms. The minimum absolute atomic E-state index is 0.0256. The maximum absolute atomic E-state index is 12.6. The van der Waals surface area contributed by atoms with E-state index >= 15 is 0 Å². The first-order valence-electron chi connectivity index (χ1n) is 8.64. The molecule has 0 aliphatic heterocycles. The van der Waals surface area contributed by atoms with Crippen LogP contribution in [0.1, 0.15) is 47.1 Å². The average molecular weight is 398 g/mol. The Morgan fingerprint density at radius 1 is 1.14 bits per heavy atom. The zero-order valence-corrected chi connectivity index (χ0v) is 16.5. The van der Waals surface area contributed by atoms with E-state index in [0.717, 1.165) is 5.56 Å². The third-order valence-electron chi connectivity index (χ3n) is 4.36. The van der Waals surface area contributed by atoms with Crippen molar-refractivity contribution in [2.24, 2.45) is 0 Å². The van der Waals surface area contributed by atoms with E-state index in [2.05, 4.69) is 31.1 Å². The van der Waals surface area contributed by atoms with Crippen LogP contribution in [-0.2, 0) is 5.41 Å². The summed E-state index contributed by atoms with van der Waals surface area (Å²) in [5.41, 5.74) is 2.03. The number of carbonyl (C=O) groups excluding carboxylic acids is 1. The number of hydrogen-bond acceptors (Lipinski definition) is 3. The highest BCUT2D eigenvalue weighted by molar-refractivity contribution is 6.33. The molecule has 1 aromatic heterocycles. The summed E-state index contributed by atoms with van der Waals surface area (Å²) in [7, 11) is 0. The highest BCUT2D eigenvalue weighted by Crippen LogP contribution is 2.29. The molecule has 0 saturated carbocycles. The van der Waals surface area contributed by atoms with E-state index in [1.165, 1.54) is 18.5 Å². The van der Waals surface area contributed by atoms with Crippen LogP contribution in [0, 0.1) is 0 Å². The molecule has 28 heavy (non-hydrogen) atoms. The zero-order valence-electron chi connectivity index (χ0n) is 15.7. The first kappa shape index (κ1) is 19.6. The molecule has 3 rings (SSSR count). The van der Waals surface area contributed by atoms with Gasteiger partial charge in [-0.1, -0.05) is 44.5 Å². The molecule has 1 amide bonds. The van der Waals surface area contributed by atoms with Gasteiger partial charge < -0.3 is 15.0 Å². The van der Waals surface area contributed by atoms with E-state index < -0.39 is 11.9 Å². The number of halogens is 1. The third-order valence-corrected chi connectivity index (χ3v) is 4.66. The number of carboxylic acids is 1. The molecule has 144 valence electrons. The van der Waals surface area contributed by atoms with Crippen LogP contribution in [0.2, 0.25) is 5.02 Å². The fourth-order valence-corrected chi connectivity index (χ4v) is 3.02. The number of hydrogen-bond donors (Lipinski definition) is 2. The average Bonchev–Trinajstić information content (AvgIpc) is 3.15. The van der Waals surface area contributed by atoms with Crippen LogP contribution in [-0.4, -0.2) is 26.5 Å². The number of rotatable bonds is 4. The SMILES string of the molecule is CC(C)(C)c1ccc(C(=O)Nc2cc(Cl)c(-n3ccnc3)cc2C(=O)O)cc1. The molecule has 0 radical (unpaired) electrons. The van der Waals surface area contributed by atoms with Gasteiger partial charge in [0.25, 0.3) is 5.91 Å². The second-order valence-corrected chi connectivity index (χ2v) is 7.81. The summed E-state index contributed by atoms with van der Waals surface area (Å²) >= 11 is 6.31. The molecular weight excluding hydrogens is 378 g/mol. The Kier molecular flexibility index (Phi) is 5.25. The molecule has 0 aliphatic rings. The number of imidazole rings is 1. The smallest absolute Gasteiger partial charge is 0.337 e. The van der Waals surface area contributed by atoms with Crippen LogP contribution in [0.5, 0.6) is 0 Å². The van der Waals surface area contributed by atoms with Gasteiger partial charge in [0.05, 0.1) is 28.3 Å². The van der Waals surface area contributed by atoms with Gasteiger partial charge in [0, 0.05) is 18.0 Å². The lowest BCUT2D eigenvalue weighted by Crippen LogP contribution is -2.16. The van der Waals surface area contributed by atoms with Gasteiger partial charge in [-0.05, 0) is 35.2 Å². The molecule has 0 unspecified atom stereocenters. The molecule has 0 spiro atoms. The Balaban J connectivity index is 1.92. The predicted octanol–water partition coefficient (Wildman–Crippen LogP) is 4.77. The maximum Gasteiger partial charge on any atom is 0.337 e. The predicted molar refractivity (Wildman–Crippen MR) is 109 cm³/mol. The Morgan fingerprint density at radius 2 is 1.82 bits per heavy atom. The van der Waals surface area contributed by atoms with Gasteiger partial charge >= 0.3 is 5.97 Å². The fraction of sp³-hybridized carbons (Fsp3) is 0.190. The summed E-state index contributed by atoms with van der Waals surface area (Å²) in [5, 5.41) is 12.5. The first-order chi connectivity index (χ1) is 13.2. The summed E-state index contributed by atoms with van der Waals surface area (Å²) < 4.78 is 1.60. The van der Waals surface area contributed by atoms with Crippen molar-refractivity contribution in [2.75, 3.05) is 5.32 Å². The van der Waals surface area contributed by atoms with Crippen LogP contribution in [0.25, 0.3) is 5.69 Å². The van der Waals surface area contributed by atoms with E-state index in [1.54, 1.807) is 29.1 Å². The third kappa shape index (κ3) is 4.07. The van der Waals surface area contributed by atoms with Crippen molar-refractivity contribution < 1.29 is 14.7 Å². The Labute approximate surface area is 167 Å². The summed E-state index contributed by atoms with van der Waals surface area (Å²) in [5.74, 6) is -1.58. The van der Waals surface area contributed by atoms with E-state index in [1.807, 2.05) is 12.1 Å². The summed E-state index contributed by atoms with van der Waals surface area (Å²) in [6, 6.07) is 10.1. The number of nitrogens with zero attached hydrogens (tertiary/aromatic N) is 2. The van der Waals surface area contributed by atoms with Crippen LogP contribution in [0.3, 0.4) is 0 Å². The Bertz CT molecular complexity index is 1020. The van der Waals surface area contributed by atoms with Crippen LogP contribution < -0.4 is 5.32 Å². The lowest BCUT2D eigenvalue weighted by atomic mass is 9.86. The van der Waals surface area contributed by atoms with Gasteiger partial charge in [0.1, 0.15) is 0 Å². The van der Waals surface area contributed by atoms with Crippen LogP contribution in [0.4, 0.5) is 5.69 Å². The molecule has 0 saturated heterocycles. The molecule has 2 N–H and O–H groups in total. The molecule has 2 aromatic carbocycles. The zero-order chi connectivity index (χ0) is 20.5. The monoisotopic (exact) mass is 397 g/mol. The van der Waals surface area contributed by atoms with E-state index in [-0.39, 0.29) is 16.7 Å². The lowest BCUT2D eigenvalue weighted by molar-refractivity contribution is 0.0698. The largest absolute Gasteiger partial charge is 0.478 e. The van der Waals surface area contributed by atoms with Gasteiger partial charge in [0.2, 0.25) is 0 Å². The summed E-state index contributed by atoms with van der Waals surface area (Å²) in [4.78, 5) is 28.3. The topological polar surface area (TPSA) is 84.2 Å². The number of carbonyl (C=O) groups is 2. The second-order valence-electron chi connectivity index (χ2n) is 7.41. The number of carboxylic acid groups (broad SMARTS) is 1. The van der Waals surface area contributed by atoms with E-state index in [9.17, 15) is 14.7 Å². The molecule has 0 bridgehead atoms. The number of aromatic carboxylic acids is 1. The molecule has 0 fully saturated rings. The number of anilines is 1. The Hall–Kier alpha value is -3.12. The summed E-state index contributed by atoms with van der Waals surface area (Å²) in [6.07, 6.45) is 4.73. The van der Waals surface area contributed by atoms with Crippen molar-refractivity contribution >= 4 is 29.2 Å². The molecule has 6 nitrogen and oxygen atoms in total. The number of benzene rings is 2. The van der Waals surface area contributed by atoms with Crippen LogP contribution >= 0.6 is 11.6 Å². The van der Waals surface area contributed by atoms with Gasteiger partial charge in [-0.15, -0.1) is 0 Å². The van der Waals surface area contributed by atoms with Crippen molar-refractivity contribution in [3.05, 3.63) is 76.8 Å². The highest BCUT2D eigenvalue weighted by atomic mass is 35.5. The van der Waals surface area contributed by atoms with Gasteiger partial charge in [-0.25, -0.2) is 9.78 Å². The van der Waals surface area contributed by atoms with Crippen molar-refractivity contribution in [3.63, 3.8) is 0 Å². The summed E-state index contributed by atoms with van der Waals surface area (Å²) in [6.45, 7) is 6.26. The van der Waals surface area contributed by atoms with E-state index in [0.29, 0.717) is 16.3 Å². The Morgan fingerprint density at radius 3 is 2.36 bits per heavy atom. The molecule has 0 aliphatic carbocycles. The molecule has 0 atom stereocenters. The number of nitrogens with one attached hydrogen (secondary N) is 1. The van der Waals surface area contributed by atoms with Crippen LogP contribution in [0.15, 0.2) is 55.1 Å². The number of aromatic nitrogens is 2. The maximum atomic E-state index is 12.6. The minimum atomic E-state index is -1.17. The van der Waals surface area contributed by atoms with Gasteiger partial charge in [0.15, 0.2) is 0 Å². The highest BCUT2D eigenvalue weighted by Gasteiger charge is 2.19.